The first-order valence-electron chi connectivity index (χ1n) is 8.96. The number of rotatable bonds is 9. The molecule has 0 aliphatic carbocycles. The smallest absolute Gasteiger partial charge is 0.130 e. The normalized spacial score (nSPS) is 11.2. The zero-order valence-corrected chi connectivity index (χ0v) is 15.4. The van der Waals surface area contributed by atoms with E-state index in [1.165, 1.54) is 16.7 Å². The Hall–Kier alpha value is -2.61. The molecule has 0 spiro atoms. The van der Waals surface area contributed by atoms with Crippen LogP contribution in [0.3, 0.4) is 0 Å². The van der Waals surface area contributed by atoms with Crippen molar-refractivity contribution >= 4 is 5.82 Å². The quantitative estimate of drug-likeness (QED) is 0.580. The van der Waals surface area contributed by atoms with Crippen LogP contribution >= 0.6 is 0 Å². The second kappa shape index (κ2) is 9.63. The van der Waals surface area contributed by atoms with Gasteiger partial charge in [0, 0.05) is 11.9 Å². The number of pyridine rings is 1. The van der Waals surface area contributed by atoms with Gasteiger partial charge in [-0.05, 0) is 66.2 Å². The molecule has 0 aliphatic heterocycles. The SMILES string of the molecule is C=CC(=CC(=C)Nc1cc(CCc2cccc(CC)c2)ccn1)CC. The van der Waals surface area contributed by atoms with Crippen molar-refractivity contribution in [3.8, 4) is 0 Å². The summed E-state index contributed by atoms with van der Waals surface area (Å²) in [6, 6.07) is 13.0. The van der Waals surface area contributed by atoms with E-state index in [1.807, 2.05) is 18.3 Å². The predicted octanol–water partition coefficient (Wildman–Crippen LogP) is 5.88. The van der Waals surface area contributed by atoms with E-state index in [2.05, 4.69) is 73.7 Å². The standard InChI is InChI=1S/C23H28N2/c1-5-19(6-2)15-18(4)25-23-17-22(13-14-24-23)12-11-21-10-8-9-20(7-3)16-21/h5,8-10,13-17H,1,4,6-7,11-12H2,2-3H3,(H,24,25). The lowest BCUT2D eigenvalue weighted by atomic mass is 10.0. The van der Waals surface area contributed by atoms with Crippen LogP contribution in [0, 0.1) is 0 Å². The maximum Gasteiger partial charge on any atom is 0.130 e. The van der Waals surface area contributed by atoms with E-state index in [1.54, 1.807) is 0 Å². The maximum absolute atomic E-state index is 4.39. The van der Waals surface area contributed by atoms with E-state index in [4.69, 9.17) is 0 Å². The first-order valence-corrected chi connectivity index (χ1v) is 8.96. The van der Waals surface area contributed by atoms with Crippen LogP contribution in [0.15, 0.2) is 79.2 Å². The summed E-state index contributed by atoms with van der Waals surface area (Å²) in [5, 5.41) is 3.27. The minimum atomic E-state index is 0.831. The van der Waals surface area contributed by atoms with Crippen LogP contribution in [0.2, 0.25) is 0 Å². The van der Waals surface area contributed by atoms with E-state index in [-0.39, 0.29) is 0 Å². The van der Waals surface area contributed by atoms with Gasteiger partial charge >= 0.3 is 0 Å². The van der Waals surface area contributed by atoms with E-state index in [9.17, 15) is 0 Å². The van der Waals surface area contributed by atoms with Gasteiger partial charge in [-0.1, -0.05) is 57.3 Å². The maximum atomic E-state index is 4.39. The molecule has 0 bridgehead atoms. The largest absolute Gasteiger partial charge is 0.341 e. The number of benzene rings is 1. The molecule has 0 saturated heterocycles. The number of nitrogens with one attached hydrogen (secondary N) is 1. The molecule has 1 heterocycles. The Bertz CT molecular complexity index is 756. The fourth-order valence-corrected chi connectivity index (χ4v) is 2.72. The molecular weight excluding hydrogens is 304 g/mol. The number of hydrogen-bond acceptors (Lipinski definition) is 2. The van der Waals surface area contributed by atoms with Crippen molar-refractivity contribution in [3.05, 3.63) is 95.9 Å². The zero-order chi connectivity index (χ0) is 18.1. The third-order valence-electron chi connectivity index (χ3n) is 4.25. The molecule has 1 N–H and O–H groups in total. The fraction of sp³-hybridized carbons (Fsp3) is 0.261. The Morgan fingerprint density at radius 1 is 1.08 bits per heavy atom. The number of aryl methyl sites for hydroxylation is 3. The highest BCUT2D eigenvalue weighted by Gasteiger charge is 2.01. The molecule has 0 aliphatic rings. The van der Waals surface area contributed by atoms with E-state index in [0.29, 0.717) is 0 Å². The summed E-state index contributed by atoms with van der Waals surface area (Å²) >= 11 is 0. The molecular formula is C23H28N2. The summed E-state index contributed by atoms with van der Waals surface area (Å²) in [4.78, 5) is 4.39. The third-order valence-corrected chi connectivity index (χ3v) is 4.25. The van der Waals surface area contributed by atoms with Gasteiger partial charge in [-0.25, -0.2) is 4.98 Å². The van der Waals surface area contributed by atoms with Gasteiger partial charge in [0.05, 0.1) is 0 Å². The average Bonchev–Trinajstić information content (AvgIpc) is 2.65. The highest BCUT2D eigenvalue weighted by molar-refractivity contribution is 5.47. The van der Waals surface area contributed by atoms with Crippen LogP contribution < -0.4 is 5.32 Å². The highest BCUT2D eigenvalue weighted by atomic mass is 15.0. The number of allylic oxidation sites excluding steroid dienone is 3. The van der Waals surface area contributed by atoms with Gasteiger partial charge in [0.2, 0.25) is 0 Å². The Kier molecular flexibility index (Phi) is 7.21. The van der Waals surface area contributed by atoms with Gasteiger partial charge in [-0.3, -0.25) is 0 Å². The summed E-state index contributed by atoms with van der Waals surface area (Å²) < 4.78 is 0. The molecule has 2 heteroatoms. The van der Waals surface area contributed by atoms with Gasteiger partial charge in [0.15, 0.2) is 0 Å². The minimum Gasteiger partial charge on any atom is -0.341 e. The third kappa shape index (κ3) is 6.07. The molecule has 0 saturated carbocycles. The van der Waals surface area contributed by atoms with Crippen molar-refractivity contribution in [3.63, 3.8) is 0 Å². The first-order chi connectivity index (χ1) is 12.1. The molecule has 1 aromatic carbocycles. The molecule has 2 rings (SSSR count). The van der Waals surface area contributed by atoms with Crippen LogP contribution in [0.25, 0.3) is 0 Å². The summed E-state index contributed by atoms with van der Waals surface area (Å²) in [5.74, 6) is 0.834. The lowest BCUT2D eigenvalue weighted by molar-refractivity contribution is 0.949. The van der Waals surface area contributed by atoms with Crippen LogP contribution in [0.5, 0.6) is 0 Å². The number of anilines is 1. The summed E-state index contributed by atoms with van der Waals surface area (Å²) in [5.41, 5.74) is 6.04. The Labute approximate surface area is 152 Å². The summed E-state index contributed by atoms with van der Waals surface area (Å²) in [6.45, 7) is 12.2. The van der Waals surface area contributed by atoms with Crippen LogP contribution in [-0.4, -0.2) is 4.98 Å². The molecule has 25 heavy (non-hydrogen) atoms. The molecule has 0 atom stereocenters. The number of aromatic nitrogens is 1. The second-order valence-electron chi connectivity index (χ2n) is 6.15. The Morgan fingerprint density at radius 3 is 2.48 bits per heavy atom. The lowest BCUT2D eigenvalue weighted by Crippen LogP contribution is -2.00. The topological polar surface area (TPSA) is 24.9 Å². The number of nitrogens with zero attached hydrogens (tertiary/aromatic N) is 1. The average molecular weight is 332 g/mol. The predicted molar refractivity (Wildman–Crippen MR) is 109 cm³/mol. The Morgan fingerprint density at radius 2 is 1.80 bits per heavy atom. The van der Waals surface area contributed by atoms with Crippen molar-refractivity contribution in [2.45, 2.75) is 39.5 Å². The van der Waals surface area contributed by atoms with Crippen molar-refractivity contribution in [2.24, 2.45) is 0 Å². The molecule has 130 valence electrons. The first kappa shape index (κ1) is 18.7. The van der Waals surface area contributed by atoms with Crippen molar-refractivity contribution in [1.82, 2.24) is 4.98 Å². The van der Waals surface area contributed by atoms with Gasteiger partial charge < -0.3 is 5.32 Å². The van der Waals surface area contributed by atoms with E-state index in [0.717, 1.165) is 42.8 Å². The monoisotopic (exact) mass is 332 g/mol. The minimum absolute atomic E-state index is 0.831. The fourth-order valence-electron chi connectivity index (χ4n) is 2.72. The van der Waals surface area contributed by atoms with E-state index >= 15 is 0 Å². The van der Waals surface area contributed by atoms with Crippen molar-refractivity contribution < 1.29 is 0 Å². The van der Waals surface area contributed by atoms with Gasteiger partial charge in [-0.15, -0.1) is 0 Å². The molecule has 0 fully saturated rings. The van der Waals surface area contributed by atoms with Gasteiger partial charge in [-0.2, -0.15) is 0 Å². The lowest BCUT2D eigenvalue weighted by Gasteiger charge is -2.09. The van der Waals surface area contributed by atoms with Crippen LogP contribution in [0.4, 0.5) is 5.82 Å². The molecule has 2 nitrogen and oxygen atoms in total. The molecule has 2 aromatic rings. The summed E-state index contributed by atoms with van der Waals surface area (Å²) in [6.07, 6.45) is 9.78. The van der Waals surface area contributed by atoms with Crippen LogP contribution in [0.1, 0.15) is 37.0 Å². The molecule has 0 amide bonds. The van der Waals surface area contributed by atoms with Crippen molar-refractivity contribution in [1.29, 1.82) is 0 Å². The summed E-state index contributed by atoms with van der Waals surface area (Å²) in [7, 11) is 0. The van der Waals surface area contributed by atoms with Gasteiger partial charge in [0.25, 0.3) is 0 Å². The Balaban J connectivity index is 1.99. The van der Waals surface area contributed by atoms with Crippen molar-refractivity contribution in [2.75, 3.05) is 5.32 Å². The number of hydrogen-bond donors (Lipinski definition) is 1. The van der Waals surface area contributed by atoms with E-state index < -0.39 is 0 Å². The zero-order valence-electron chi connectivity index (χ0n) is 15.4. The second-order valence-corrected chi connectivity index (χ2v) is 6.15. The molecule has 0 radical (unpaired) electrons. The highest BCUT2D eigenvalue weighted by Crippen LogP contribution is 2.15. The van der Waals surface area contributed by atoms with Gasteiger partial charge in [0.1, 0.15) is 5.82 Å². The molecule has 0 unspecified atom stereocenters. The van der Waals surface area contributed by atoms with Crippen LogP contribution in [-0.2, 0) is 19.3 Å². The molecule has 1 aromatic heterocycles.